The third kappa shape index (κ3) is 2.20. The average molecular weight is 325 g/mol. The molecule has 0 radical (unpaired) electrons. The summed E-state index contributed by atoms with van der Waals surface area (Å²) in [5, 5.41) is 12.5. The summed E-state index contributed by atoms with van der Waals surface area (Å²) < 4.78 is 6.74. The molecule has 4 heteroatoms. The maximum atomic E-state index is 10.5. The second-order valence-corrected chi connectivity index (χ2v) is 6.22. The van der Waals surface area contributed by atoms with Crippen molar-refractivity contribution in [1.82, 2.24) is 0 Å². The highest BCUT2D eigenvalue weighted by Gasteiger charge is 2.21. The quantitative estimate of drug-likeness (QED) is 0.907. The summed E-state index contributed by atoms with van der Waals surface area (Å²) >= 11 is 4.97. The van der Waals surface area contributed by atoms with Crippen LogP contribution in [0.3, 0.4) is 0 Å². The largest absolute Gasteiger partial charge is 0.493 e. The number of para-hydroxylation sites is 1. The zero-order valence-corrected chi connectivity index (χ0v) is 12.1. The van der Waals surface area contributed by atoms with E-state index in [9.17, 15) is 5.11 Å². The Hall–Kier alpha value is -0.840. The lowest BCUT2D eigenvalue weighted by molar-refractivity contribution is 0.210. The predicted molar refractivity (Wildman–Crippen MR) is 76.3 cm³/mol. The van der Waals surface area contributed by atoms with Gasteiger partial charge in [0.05, 0.1) is 6.61 Å². The molecule has 18 heavy (non-hydrogen) atoms. The minimum Gasteiger partial charge on any atom is -0.493 e. The molecule has 2 aromatic rings. The summed E-state index contributed by atoms with van der Waals surface area (Å²) in [6, 6.07) is 7.98. The average Bonchev–Trinajstić information content (AvgIpc) is 2.84. The number of rotatable bonds is 2. The highest BCUT2D eigenvalue weighted by molar-refractivity contribution is 9.10. The van der Waals surface area contributed by atoms with Gasteiger partial charge in [0.25, 0.3) is 0 Å². The van der Waals surface area contributed by atoms with Crippen molar-refractivity contribution >= 4 is 27.3 Å². The van der Waals surface area contributed by atoms with E-state index in [-0.39, 0.29) is 0 Å². The van der Waals surface area contributed by atoms with Crippen molar-refractivity contribution < 1.29 is 9.84 Å². The molecule has 1 aromatic heterocycles. The maximum Gasteiger partial charge on any atom is 0.128 e. The number of aryl methyl sites for hydroxylation is 1. The van der Waals surface area contributed by atoms with Crippen LogP contribution in [0, 0.1) is 0 Å². The van der Waals surface area contributed by atoms with E-state index in [1.807, 2.05) is 23.6 Å². The number of aliphatic hydroxyl groups excluding tert-OH is 1. The second-order valence-electron chi connectivity index (χ2n) is 4.36. The highest BCUT2D eigenvalue weighted by Crippen LogP contribution is 2.37. The first kappa shape index (κ1) is 12.2. The van der Waals surface area contributed by atoms with E-state index in [1.165, 1.54) is 5.56 Å². The van der Waals surface area contributed by atoms with Gasteiger partial charge in [0.15, 0.2) is 0 Å². The Morgan fingerprint density at radius 1 is 1.39 bits per heavy atom. The molecule has 0 saturated heterocycles. The fourth-order valence-corrected chi connectivity index (χ4v) is 3.70. The molecule has 0 fully saturated rings. The lowest BCUT2D eigenvalue weighted by Gasteiger charge is -2.22. The third-order valence-electron chi connectivity index (χ3n) is 3.12. The number of halogens is 1. The molecule has 1 N–H and O–H groups in total. The van der Waals surface area contributed by atoms with Crippen molar-refractivity contribution in [2.24, 2.45) is 0 Å². The topological polar surface area (TPSA) is 29.5 Å². The Morgan fingerprint density at radius 2 is 2.28 bits per heavy atom. The standard InChI is InChI=1S/C14H13BrO2S/c15-10-7-12(18-8-10)13(16)11-5-1-3-9-4-2-6-17-14(9)11/h1,3,5,7-8,13,16H,2,4,6H2. The van der Waals surface area contributed by atoms with Gasteiger partial charge < -0.3 is 9.84 Å². The molecule has 1 aliphatic heterocycles. The van der Waals surface area contributed by atoms with E-state index in [2.05, 4.69) is 22.0 Å². The zero-order chi connectivity index (χ0) is 12.5. The van der Waals surface area contributed by atoms with Crippen LogP contribution in [-0.2, 0) is 6.42 Å². The maximum absolute atomic E-state index is 10.5. The zero-order valence-electron chi connectivity index (χ0n) is 9.73. The van der Waals surface area contributed by atoms with Crippen molar-refractivity contribution in [1.29, 1.82) is 0 Å². The molecule has 1 aromatic carbocycles. The molecule has 94 valence electrons. The van der Waals surface area contributed by atoms with Gasteiger partial charge in [-0.05, 0) is 40.4 Å². The number of hydrogen-bond donors (Lipinski definition) is 1. The molecule has 1 aliphatic rings. The number of thiophene rings is 1. The molecule has 2 heterocycles. The molecule has 1 unspecified atom stereocenters. The van der Waals surface area contributed by atoms with Crippen LogP contribution >= 0.6 is 27.3 Å². The first-order valence-electron chi connectivity index (χ1n) is 5.92. The molecule has 0 saturated carbocycles. The summed E-state index contributed by atoms with van der Waals surface area (Å²) in [6.07, 6.45) is 1.48. The summed E-state index contributed by atoms with van der Waals surface area (Å²) in [4.78, 5) is 0.935. The number of ether oxygens (including phenoxy) is 1. The Morgan fingerprint density at radius 3 is 3.06 bits per heavy atom. The fourth-order valence-electron chi connectivity index (χ4n) is 2.25. The molecule has 0 bridgehead atoms. The van der Waals surface area contributed by atoms with Gasteiger partial charge in [-0.2, -0.15) is 0 Å². The van der Waals surface area contributed by atoms with E-state index in [0.29, 0.717) is 0 Å². The van der Waals surface area contributed by atoms with E-state index in [0.717, 1.165) is 40.1 Å². The molecular weight excluding hydrogens is 312 g/mol. The van der Waals surface area contributed by atoms with Crippen LogP contribution in [0.15, 0.2) is 34.1 Å². The second kappa shape index (κ2) is 5.03. The van der Waals surface area contributed by atoms with E-state index in [4.69, 9.17) is 4.74 Å². The van der Waals surface area contributed by atoms with Gasteiger partial charge in [-0.25, -0.2) is 0 Å². The minimum atomic E-state index is -0.602. The van der Waals surface area contributed by atoms with Crippen LogP contribution in [-0.4, -0.2) is 11.7 Å². The lowest BCUT2D eigenvalue weighted by atomic mass is 9.99. The SMILES string of the molecule is OC(c1cc(Br)cs1)c1cccc2c1OCCC2. The number of fused-ring (bicyclic) bond motifs is 1. The van der Waals surface area contributed by atoms with Gasteiger partial charge in [-0.1, -0.05) is 18.2 Å². The number of aliphatic hydroxyl groups is 1. The van der Waals surface area contributed by atoms with Crippen molar-refractivity contribution in [3.05, 3.63) is 50.1 Å². The monoisotopic (exact) mass is 324 g/mol. The smallest absolute Gasteiger partial charge is 0.128 e. The van der Waals surface area contributed by atoms with Crippen molar-refractivity contribution in [2.75, 3.05) is 6.61 Å². The molecule has 0 aliphatic carbocycles. The van der Waals surface area contributed by atoms with Gasteiger partial charge in [0.1, 0.15) is 11.9 Å². The van der Waals surface area contributed by atoms with Gasteiger partial charge in [-0.3, -0.25) is 0 Å². The van der Waals surface area contributed by atoms with Crippen LogP contribution in [0.2, 0.25) is 0 Å². The summed E-state index contributed by atoms with van der Waals surface area (Å²) in [5.74, 6) is 0.876. The Labute approximate surface area is 118 Å². The minimum absolute atomic E-state index is 0.602. The Bertz CT molecular complexity index is 565. The molecule has 3 rings (SSSR count). The van der Waals surface area contributed by atoms with Crippen LogP contribution < -0.4 is 4.74 Å². The first-order valence-corrected chi connectivity index (χ1v) is 7.59. The van der Waals surface area contributed by atoms with E-state index >= 15 is 0 Å². The first-order chi connectivity index (χ1) is 8.75. The highest BCUT2D eigenvalue weighted by atomic mass is 79.9. The van der Waals surface area contributed by atoms with E-state index in [1.54, 1.807) is 11.3 Å². The van der Waals surface area contributed by atoms with E-state index < -0.39 is 6.10 Å². The van der Waals surface area contributed by atoms with Gasteiger partial charge >= 0.3 is 0 Å². The summed E-state index contributed by atoms with van der Waals surface area (Å²) in [6.45, 7) is 0.741. The van der Waals surface area contributed by atoms with Gasteiger partial charge in [0.2, 0.25) is 0 Å². The number of hydrogen-bond acceptors (Lipinski definition) is 3. The van der Waals surface area contributed by atoms with Crippen molar-refractivity contribution in [2.45, 2.75) is 18.9 Å². The van der Waals surface area contributed by atoms with Crippen LogP contribution in [0.25, 0.3) is 0 Å². The Balaban J connectivity index is 2.01. The predicted octanol–water partition coefficient (Wildman–Crippen LogP) is 3.92. The third-order valence-corrected chi connectivity index (χ3v) is 4.86. The van der Waals surface area contributed by atoms with Crippen LogP contribution in [0.4, 0.5) is 0 Å². The lowest BCUT2D eigenvalue weighted by Crippen LogP contribution is -2.12. The Kier molecular flexibility index (Phi) is 3.41. The number of benzene rings is 1. The van der Waals surface area contributed by atoms with Gasteiger partial charge in [-0.15, -0.1) is 11.3 Å². The summed E-state index contributed by atoms with van der Waals surface area (Å²) in [5.41, 5.74) is 2.08. The van der Waals surface area contributed by atoms with Crippen LogP contribution in [0.5, 0.6) is 5.75 Å². The van der Waals surface area contributed by atoms with Gasteiger partial charge in [0, 0.05) is 20.3 Å². The van der Waals surface area contributed by atoms with Crippen LogP contribution in [0.1, 0.15) is 28.5 Å². The molecule has 2 nitrogen and oxygen atoms in total. The van der Waals surface area contributed by atoms with Crippen molar-refractivity contribution in [3.8, 4) is 5.75 Å². The normalized spacial score (nSPS) is 15.9. The molecule has 1 atom stereocenters. The molecule has 0 amide bonds. The fraction of sp³-hybridized carbons (Fsp3) is 0.286. The van der Waals surface area contributed by atoms with Crippen molar-refractivity contribution in [3.63, 3.8) is 0 Å². The molecule has 0 spiro atoms. The summed E-state index contributed by atoms with van der Waals surface area (Å²) in [7, 11) is 0. The molecular formula is C14H13BrO2S.